The van der Waals surface area contributed by atoms with Gasteiger partial charge in [0.2, 0.25) is 0 Å². The highest BCUT2D eigenvalue weighted by molar-refractivity contribution is 6.46. The summed E-state index contributed by atoms with van der Waals surface area (Å²) in [6.45, 7) is 5.14. The average molecular weight is 448 g/mol. The first-order chi connectivity index (χ1) is 16.0. The summed E-state index contributed by atoms with van der Waals surface area (Å²) in [5.74, 6) is 0.158. The van der Waals surface area contributed by atoms with Gasteiger partial charge in [0, 0.05) is 11.6 Å². The number of likely N-dealkylation sites (tertiary alicyclic amines) is 1. The lowest BCUT2D eigenvalue weighted by Gasteiger charge is -2.31. The molecule has 172 valence electrons. The minimum absolute atomic E-state index is 0.00166. The molecule has 1 saturated heterocycles. The number of amides is 1. The van der Waals surface area contributed by atoms with Crippen LogP contribution in [0.5, 0.6) is 11.5 Å². The summed E-state index contributed by atoms with van der Waals surface area (Å²) < 4.78 is 11.2. The highest BCUT2D eigenvalue weighted by Gasteiger charge is 2.49. The molecule has 2 aromatic rings. The fourth-order valence-corrected chi connectivity index (χ4v) is 5.15. The van der Waals surface area contributed by atoms with E-state index in [0.29, 0.717) is 36.2 Å². The summed E-state index contributed by atoms with van der Waals surface area (Å²) >= 11 is 0. The molecule has 5 rings (SSSR count). The number of carbonyl (C=O) groups excluding carboxylic acids is 2. The van der Waals surface area contributed by atoms with Gasteiger partial charge < -0.3 is 19.5 Å². The predicted octanol–water partition coefficient (Wildman–Crippen LogP) is 4.95. The van der Waals surface area contributed by atoms with E-state index in [2.05, 4.69) is 13.8 Å². The fraction of sp³-hybridized carbons (Fsp3) is 0.407. The molecule has 2 aliphatic heterocycles. The summed E-state index contributed by atoms with van der Waals surface area (Å²) in [6, 6.07) is 12.5. The van der Waals surface area contributed by atoms with E-state index in [1.54, 1.807) is 23.1 Å². The Kier molecular flexibility index (Phi) is 5.60. The van der Waals surface area contributed by atoms with Gasteiger partial charge in [-0.25, -0.2) is 0 Å². The fourth-order valence-electron chi connectivity index (χ4n) is 5.15. The van der Waals surface area contributed by atoms with E-state index in [1.165, 1.54) is 5.56 Å². The van der Waals surface area contributed by atoms with E-state index in [-0.39, 0.29) is 17.4 Å². The number of fused-ring (bicyclic) bond motifs is 1. The summed E-state index contributed by atoms with van der Waals surface area (Å²) in [6.07, 6.45) is 3.82. The van der Waals surface area contributed by atoms with Gasteiger partial charge in [0.25, 0.3) is 11.7 Å². The van der Waals surface area contributed by atoms with Crippen molar-refractivity contribution in [2.75, 3.05) is 13.2 Å². The largest absolute Gasteiger partial charge is 0.507 e. The van der Waals surface area contributed by atoms with E-state index < -0.39 is 17.7 Å². The third-order valence-electron chi connectivity index (χ3n) is 6.93. The SMILES string of the molecule is CC(C)c1ccc(C2/C(=C(/O)c3ccc4c(c3)OCCO4)C(=O)C(=O)N2C2CCCC2)cc1. The molecule has 2 aromatic carbocycles. The molecule has 1 unspecified atom stereocenters. The maximum atomic E-state index is 13.3. The standard InChI is InChI=1S/C27H29NO5/c1-16(2)17-7-9-18(10-8-17)24-23(26(30)27(31)28(24)20-5-3-4-6-20)25(29)19-11-12-21-22(15-19)33-14-13-32-21/h7-12,15-16,20,24,29H,3-6,13-14H2,1-2H3/b25-23-. The molecule has 1 amide bonds. The molecule has 3 aliphatic rings. The zero-order valence-corrected chi connectivity index (χ0v) is 19.0. The lowest BCUT2D eigenvalue weighted by molar-refractivity contribution is -0.141. The minimum Gasteiger partial charge on any atom is -0.507 e. The van der Waals surface area contributed by atoms with E-state index in [0.717, 1.165) is 31.2 Å². The van der Waals surface area contributed by atoms with Gasteiger partial charge in [-0.15, -0.1) is 0 Å². The van der Waals surface area contributed by atoms with Gasteiger partial charge in [0.05, 0.1) is 11.6 Å². The van der Waals surface area contributed by atoms with Crippen LogP contribution in [-0.4, -0.2) is 41.0 Å². The van der Waals surface area contributed by atoms with Gasteiger partial charge in [0.15, 0.2) is 11.5 Å². The quantitative estimate of drug-likeness (QED) is 0.408. The van der Waals surface area contributed by atoms with Crippen LogP contribution in [0.25, 0.3) is 5.76 Å². The first kappa shape index (κ1) is 21.6. The molecule has 2 fully saturated rings. The van der Waals surface area contributed by atoms with Crippen molar-refractivity contribution in [3.63, 3.8) is 0 Å². The van der Waals surface area contributed by atoms with Gasteiger partial charge in [-0.05, 0) is 48.1 Å². The summed E-state index contributed by atoms with van der Waals surface area (Å²) in [7, 11) is 0. The summed E-state index contributed by atoms with van der Waals surface area (Å²) in [4.78, 5) is 28.2. The van der Waals surface area contributed by atoms with Crippen molar-refractivity contribution in [3.8, 4) is 11.5 Å². The lowest BCUT2D eigenvalue weighted by Crippen LogP contribution is -2.37. The molecule has 0 spiro atoms. The van der Waals surface area contributed by atoms with Crippen LogP contribution in [0.2, 0.25) is 0 Å². The molecule has 1 atom stereocenters. The van der Waals surface area contributed by atoms with Crippen LogP contribution in [0.1, 0.15) is 68.2 Å². The highest BCUT2D eigenvalue weighted by Crippen LogP contribution is 2.44. The average Bonchev–Trinajstić information content (AvgIpc) is 3.45. The topological polar surface area (TPSA) is 76.1 Å². The molecule has 1 saturated carbocycles. The van der Waals surface area contributed by atoms with Crippen LogP contribution >= 0.6 is 0 Å². The summed E-state index contributed by atoms with van der Waals surface area (Å²) in [5, 5.41) is 11.3. The monoisotopic (exact) mass is 447 g/mol. The van der Waals surface area contributed by atoms with E-state index in [9.17, 15) is 14.7 Å². The van der Waals surface area contributed by atoms with Crippen molar-refractivity contribution >= 4 is 17.4 Å². The van der Waals surface area contributed by atoms with Crippen molar-refractivity contribution in [1.82, 2.24) is 4.90 Å². The second-order valence-electron chi connectivity index (χ2n) is 9.32. The first-order valence-electron chi connectivity index (χ1n) is 11.8. The zero-order chi connectivity index (χ0) is 23.1. The van der Waals surface area contributed by atoms with Gasteiger partial charge in [-0.3, -0.25) is 9.59 Å². The zero-order valence-electron chi connectivity index (χ0n) is 19.0. The second-order valence-corrected chi connectivity index (χ2v) is 9.32. The Labute approximate surface area is 193 Å². The number of aliphatic hydroxyl groups is 1. The number of ether oxygens (including phenoxy) is 2. The number of rotatable bonds is 4. The smallest absolute Gasteiger partial charge is 0.295 e. The number of carbonyl (C=O) groups is 2. The van der Waals surface area contributed by atoms with Crippen LogP contribution in [0, 0.1) is 0 Å². The summed E-state index contributed by atoms with van der Waals surface area (Å²) in [5.41, 5.74) is 2.60. The molecule has 1 N–H and O–H groups in total. The Hall–Kier alpha value is -3.28. The Morgan fingerprint density at radius 1 is 0.970 bits per heavy atom. The van der Waals surface area contributed by atoms with Crippen LogP contribution < -0.4 is 9.47 Å². The number of ketones is 1. The number of nitrogens with zero attached hydrogens (tertiary/aromatic N) is 1. The van der Waals surface area contributed by atoms with Gasteiger partial charge in [-0.1, -0.05) is 51.0 Å². The number of hydrogen-bond acceptors (Lipinski definition) is 5. The van der Waals surface area contributed by atoms with Crippen LogP contribution in [0.4, 0.5) is 0 Å². The Bertz CT molecular complexity index is 1110. The third-order valence-corrected chi connectivity index (χ3v) is 6.93. The van der Waals surface area contributed by atoms with Gasteiger partial charge >= 0.3 is 0 Å². The van der Waals surface area contributed by atoms with Crippen molar-refractivity contribution < 1.29 is 24.2 Å². The Morgan fingerprint density at radius 2 is 1.64 bits per heavy atom. The first-order valence-corrected chi connectivity index (χ1v) is 11.8. The van der Waals surface area contributed by atoms with Crippen molar-refractivity contribution in [1.29, 1.82) is 0 Å². The minimum atomic E-state index is -0.632. The number of aliphatic hydroxyl groups excluding tert-OH is 1. The van der Waals surface area contributed by atoms with E-state index in [1.807, 2.05) is 24.3 Å². The maximum absolute atomic E-state index is 13.3. The van der Waals surface area contributed by atoms with Crippen LogP contribution in [-0.2, 0) is 9.59 Å². The molecule has 1 aliphatic carbocycles. The molecule has 0 radical (unpaired) electrons. The van der Waals surface area contributed by atoms with Crippen molar-refractivity contribution in [2.24, 2.45) is 0 Å². The molecular weight excluding hydrogens is 418 g/mol. The molecule has 0 aromatic heterocycles. The molecule has 0 bridgehead atoms. The van der Waals surface area contributed by atoms with E-state index in [4.69, 9.17) is 9.47 Å². The third kappa shape index (κ3) is 3.77. The normalized spacial score (nSPS) is 22.4. The van der Waals surface area contributed by atoms with Crippen molar-refractivity contribution in [3.05, 3.63) is 64.7 Å². The maximum Gasteiger partial charge on any atom is 0.295 e. The number of Topliss-reactive ketones (excluding diaryl/α,β-unsaturated/α-hetero) is 1. The molecular formula is C27H29NO5. The van der Waals surface area contributed by atoms with E-state index >= 15 is 0 Å². The van der Waals surface area contributed by atoms with Crippen LogP contribution in [0.15, 0.2) is 48.0 Å². The molecule has 6 heteroatoms. The predicted molar refractivity (Wildman–Crippen MR) is 124 cm³/mol. The Morgan fingerprint density at radius 3 is 2.30 bits per heavy atom. The Balaban J connectivity index is 1.63. The van der Waals surface area contributed by atoms with Crippen molar-refractivity contribution in [2.45, 2.75) is 57.5 Å². The number of benzene rings is 2. The highest BCUT2D eigenvalue weighted by atomic mass is 16.6. The number of hydrogen-bond donors (Lipinski definition) is 1. The second kappa shape index (κ2) is 8.58. The molecule has 33 heavy (non-hydrogen) atoms. The van der Waals surface area contributed by atoms with Gasteiger partial charge in [-0.2, -0.15) is 0 Å². The van der Waals surface area contributed by atoms with Gasteiger partial charge in [0.1, 0.15) is 19.0 Å². The molecule has 6 nitrogen and oxygen atoms in total. The molecule has 2 heterocycles. The lowest BCUT2D eigenvalue weighted by atomic mass is 9.92. The van der Waals surface area contributed by atoms with Crippen LogP contribution in [0.3, 0.4) is 0 Å².